The van der Waals surface area contributed by atoms with E-state index in [0.717, 1.165) is 18.4 Å². The van der Waals surface area contributed by atoms with Crippen molar-refractivity contribution in [2.45, 2.75) is 32.6 Å². The van der Waals surface area contributed by atoms with Crippen LogP contribution >= 0.6 is 0 Å². The first kappa shape index (κ1) is 14.3. The Morgan fingerprint density at radius 1 is 1.10 bits per heavy atom. The highest BCUT2D eigenvalue weighted by Crippen LogP contribution is 2.25. The molecular weight excluding hydrogens is 250 g/mol. The molecule has 20 heavy (non-hydrogen) atoms. The Bertz CT molecular complexity index is 585. The highest BCUT2D eigenvalue weighted by atomic mass is 16.2. The number of carbonyl (C=O) groups excluding carboxylic acids is 2. The summed E-state index contributed by atoms with van der Waals surface area (Å²) in [6.07, 6.45) is 10.3. The molecular formula is C17H19NO2. The highest BCUT2D eigenvalue weighted by molar-refractivity contribution is 6.21. The van der Waals surface area contributed by atoms with Gasteiger partial charge in [-0.05, 0) is 30.5 Å². The van der Waals surface area contributed by atoms with Gasteiger partial charge in [-0.2, -0.15) is 0 Å². The number of rotatable bonds is 5. The van der Waals surface area contributed by atoms with E-state index in [1.165, 1.54) is 0 Å². The fourth-order valence-electron chi connectivity index (χ4n) is 2.31. The highest BCUT2D eigenvalue weighted by Gasteiger charge is 2.27. The number of hydrogen-bond donors (Lipinski definition) is 1. The number of benzene rings is 1. The SMILES string of the molecule is CC/C=C/C=C\C(CC)c1ccc2c(c1)C(=O)NC2=O. The Hall–Kier alpha value is -2.16. The topological polar surface area (TPSA) is 46.2 Å². The van der Waals surface area contributed by atoms with E-state index >= 15 is 0 Å². The first-order valence-corrected chi connectivity index (χ1v) is 7.00. The number of amides is 2. The quantitative estimate of drug-likeness (QED) is 0.656. The molecule has 0 saturated heterocycles. The molecule has 0 spiro atoms. The molecule has 1 aromatic rings. The Labute approximate surface area is 119 Å². The predicted octanol–water partition coefficient (Wildman–Crippen LogP) is 3.59. The Kier molecular flexibility index (Phi) is 4.51. The van der Waals surface area contributed by atoms with Crippen LogP contribution in [-0.4, -0.2) is 11.8 Å². The zero-order valence-electron chi connectivity index (χ0n) is 11.8. The molecule has 0 saturated carbocycles. The predicted molar refractivity (Wildman–Crippen MR) is 79.8 cm³/mol. The molecule has 1 N–H and O–H groups in total. The summed E-state index contributed by atoms with van der Waals surface area (Å²) in [6.45, 7) is 4.20. The molecule has 1 aliphatic heterocycles. The lowest BCUT2D eigenvalue weighted by atomic mass is 9.93. The van der Waals surface area contributed by atoms with Gasteiger partial charge in [-0.15, -0.1) is 0 Å². The van der Waals surface area contributed by atoms with Gasteiger partial charge in [-0.25, -0.2) is 0 Å². The van der Waals surface area contributed by atoms with Crippen molar-refractivity contribution in [1.29, 1.82) is 0 Å². The van der Waals surface area contributed by atoms with Crippen LogP contribution < -0.4 is 5.32 Å². The van der Waals surface area contributed by atoms with Crippen molar-refractivity contribution >= 4 is 11.8 Å². The molecule has 2 rings (SSSR count). The van der Waals surface area contributed by atoms with E-state index < -0.39 is 0 Å². The molecule has 3 heteroatoms. The monoisotopic (exact) mass is 269 g/mol. The van der Waals surface area contributed by atoms with Crippen LogP contribution in [-0.2, 0) is 0 Å². The third-order valence-electron chi connectivity index (χ3n) is 3.45. The maximum Gasteiger partial charge on any atom is 0.258 e. The summed E-state index contributed by atoms with van der Waals surface area (Å²) >= 11 is 0. The molecule has 1 atom stereocenters. The maximum absolute atomic E-state index is 11.7. The number of carbonyl (C=O) groups is 2. The van der Waals surface area contributed by atoms with Crippen LogP contribution in [0, 0.1) is 0 Å². The number of fused-ring (bicyclic) bond motifs is 1. The molecule has 2 amide bonds. The van der Waals surface area contributed by atoms with Crippen LogP contribution in [0.4, 0.5) is 0 Å². The molecule has 104 valence electrons. The summed E-state index contributed by atoms with van der Waals surface area (Å²) in [4.78, 5) is 23.2. The summed E-state index contributed by atoms with van der Waals surface area (Å²) in [7, 11) is 0. The standard InChI is InChI=1S/C17H19NO2/c1-3-5-6-7-8-12(4-2)13-9-10-14-15(11-13)17(20)18-16(14)19/h5-12H,3-4H2,1-2H3,(H,18,19,20)/b6-5+,8-7-. The minimum absolute atomic E-state index is 0.255. The number of nitrogens with one attached hydrogen (secondary N) is 1. The van der Waals surface area contributed by atoms with Crippen LogP contribution in [0.1, 0.15) is 58.9 Å². The van der Waals surface area contributed by atoms with Crippen LogP contribution in [0.2, 0.25) is 0 Å². The van der Waals surface area contributed by atoms with Crippen molar-refractivity contribution in [2.75, 3.05) is 0 Å². The molecule has 0 aromatic heterocycles. The van der Waals surface area contributed by atoms with Gasteiger partial charge in [0.05, 0.1) is 11.1 Å². The second-order valence-electron chi connectivity index (χ2n) is 4.82. The third kappa shape index (κ3) is 2.87. The largest absolute Gasteiger partial charge is 0.288 e. The zero-order chi connectivity index (χ0) is 14.5. The van der Waals surface area contributed by atoms with Gasteiger partial charge in [0.25, 0.3) is 11.8 Å². The second kappa shape index (κ2) is 6.33. The van der Waals surface area contributed by atoms with E-state index in [-0.39, 0.29) is 17.7 Å². The van der Waals surface area contributed by atoms with E-state index in [4.69, 9.17) is 0 Å². The smallest absolute Gasteiger partial charge is 0.258 e. The van der Waals surface area contributed by atoms with Crippen molar-refractivity contribution in [3.8, 4) is 0 Å². The van der Waals surface area contributed by atoms with E-state index in [0.29, 0.717) is 11.1 Å². The van der Waals surface area contributed by atoms with Gasteiger partial charge in [0.15, 0.2) is 0 Å². The minimum Gasteiger partial charge on any atom is -0.288 e. The summed E-state index contributed by atoms with van der Waals surface area (Å²) in [5.74, 6) is -0.340. The van der Waals surface area contributed by atoms with Gasteiger partial charge >= 0.3 is 0 Å². The Morgan fingerprint density at radius 2 is 1.85 bits per heavy atom. The normalized spacial score (nSPS) is 15.9. The van der Waals surface area contributed by atoms with Gasteiger partial charge in [-0.1, -0.05) is 44.2 Å². The van der Waals surface area contributed by atoms with Gasteiger partial charge in [0, 0.05) is 5.92 Å². The van der Waals surface area contributed by atoms with Crippen LogP contribution in [0.15, 0.2) is 42.5 Å². The average Bonchev–Trinajstić information content (AvgIpc) is 2.74. The molecule has 0 bridgehead atoms. The molecule has 0 aliphatic carbocycles. The third-order valence-corrected chi connectivity index (χ3v) is 3.45. The Balaban J connectivity index is 2.26. The van der Waals surface area contributed by atoms with Gasteiger partial charge < -0.3 is 0 Å². The number of allylic oxidation sites excluding steroid dienone is 4. The first-order valence-electron chi connectivity index (χ1n) is 7.00. The fraction of sp³-hybridized carbons (Fsp3) is 0.294. The lowest BCUT2D eigenvalue weighted by Crippen LogP contribution is -2.19. The lowest BCUT2D eigenvalue weighted by molar-refractivity contribution is 0.0879. The van der Waals surface area contributed by atoms with Crippen LogP contribution in [0.25, 0.3) is 0 Å². The summed E-state index contributed by atoms with van der Waals surface area (Å²) in [5.41, 5.74) is 2.03. The Morgan fingerprint density at radius 3 is 2.55 bits per heavy atom. The van der Waals surface area contributed by atoms with Gasteiger partial charge in [0.1, 0.15) is 0 Å². The lowest BCUT2D eigenvalue weighted by Gasteiger charge is -2.11. The van der Waals surface area contributed by atoms with Crippen molar-refractivity contribution in [3.63, 3.8) is 0 Å². The number of hydrogen-bond acceptors (Lipinski definition) is 2. The molecule has 1 heterocycles. The summed E-state index contributed by atoms with van der Waals surface area (Å²) < 4.78 is 0. The summed E-state index contributed by atoms with van der Waals surface area (Å²) in [5, 5.41) is 2.32. The van der Waals surface area contributed by atoms with E-state index in [1.54, 1.807) is 6.07 Å². The van der Waals surface area contributed by atoms with Gasteiger partial charge in [-0.3, -0.25) is 14.9 Å². The molecule has 1 unspecified atom stereocenters. The van der Waals surface area contributed by atoms with E-state index in [9.17, 15) is 9.59 Å². The zero-order valence-corrected chi connectivity index (χ0v) is 11.8. The number of imide groups is 1. The minimum atomic E-state index is -0.300. The molecule has 0 radical (unpaired) electrons. The first-order chi connectivity index (χ1) is 9.67. The van der Waals surface area contributed by atoms with E-state index in [1.807, 2.05) is 24.3 Å². The fourth-order valence-corrected chi connectivity index (χ4v) is 2.31. The second-order valence-corrected chi connectivity index (χ2v) is 4.82. The molecule has 1 aromatic carbocycles. The molecule has 3 nitrogen and oxygen atoms in total. The van der Waals surface area contributed by atoms with Crippen molar-refractivity contribution in [3.05, 3.63) is 59.2 Å². The van der Waals surface area contributed by atoms with Crippen molar-refractivity contribution in [2.24, 2.45) is 0 Å². The maximum atomic E-state index is 11.7. The van der Waals surface area contributed by atoms with Crippen LogP contribution in [0.3, 0.4) is 0 Å². The molecule has 1 aliphatic rings. The van der Waals surface area contributed by atoms with Crippen molar-refractivity contribution < 1.29 is 9.59 Å². The van der Waals surface area contributed by atoms with Crippen LogP contribution in [0.5, 0.6) is 0 Å². The average molecular weight is 269 g/mol. The summed E-state index contributed by atoms with van der Waals surface area (Å²) in [6, 6.07) is 5.50. The van der Waals surface area contributed by atoms with E-state index in [2.05, 4.69) is 31.3 Å². The van der Waals surface area contributed by atoms with Gasteiger partial charge in [0.2, 0.25) is 0 Å². The molecule has 0 fully saturated rings. The van der Waals surface area contributed by atoms with Crippen molar-refractivity contribution in [1.82, 2.24) is 5.32 Å².